The molecular weight excluding hydrogens is 312 g/mol. The number of hydrogen-bond donors (Lipinski definition) is 0. The van der Waals surface area contributed by atoms with Crippen molar-refractivity contribution in [3.05, 3.63) is 24.5 Å². The normalized spacial score (nSPS) is 19.5. The number of fused-ring (bicyclic) bond motifs is 1. The monoisotopic (exact) mass is 334 g/mol. The first-order chi connectivity index (χ1) is 10.9. The fourth-order valence-electron chi connectivity index (χ4n) is 3.07. The Morgan fingerprint density at radius 2 is 2.04 bits per heavy atom. The van der Waals surface area contributed by atoms with Gasteiger partial charge in [0, 0.05) is 30.8 Å². The second-order valence-corrected chi connectivity index (χ2v) is 8.37. The topological polar surface area (TPSA) is 66.4 Å². The molecular formula is C16H22N4O2S. The summed E-state index contributed by atoms with van der Waals surface area (Å²) in [6, 6.07) is 5.53. The van der Waals surface area contributed by atoms with Gasteiger partial charge >= 0.3 is 0 Å². The zero-order valence-corrected chi connectivity index (χ0v) is 14.5. The third-order valence-corrected chi connectivity index (χ3v) is 5.55. The standard InChI is InChI=1S/C16H22N4O2S/c1-19(2)12-5-4-8-20(10-12)16-14-9-13(23(3,21)22)6-7-15(14)17-11-18-16/h6-7,9,11-12H,4-5,8,10H2,1-3H3. The van der Waals surface area contributed by atoms with Crippen LogP contribution >= 0.6 is 0 Å². The minimum absolute atomic E-state index is 0.308. The fraction of sp³-hybridized carbons (Fsp3) is 0.500. The molecule has 23 heavy (non-hydrogen) atoms. The molecule has 0 radical (unpaired) electrons. The Kier molecular flexibility index (Phi) is 4.25. The molecule has 0 N–H and O–H groups in total. The molecule has 1 unspecified atom stereocenters. The van der Waals surface area contributed by atoms with Gasteiger partial charge in [-0.05, 0) is 45.1 Å². The van der Waals surface area contributed by atoms with Gasteiger partial charge in [-0.3, -0.25) is 0 Å². The zero-order chi connectivity index (χ0) is 16.6. The van der Waals surface area contributed by atoms with Crippen LogP contribution < -0.4 is 4.90 Å². The van der Waals surface area contributed by atoms with E-state index in [1.807, 2.05) is 0 Å². The van der Waals surface area contributed by atoms with E-state index in [-0.39, 0.29) is 0 Å². The quantitative estimate of drug-likeness (QED) is 0.849. The Labute approximate surface area is 137 Å². The highest BCUT2D eigenvalue weighted by atomic mass is 32.2. The maximum Gasteiger partial charge on any atom is 0.175 e. The number of sulfone groups is 1. The number of nitrogens with zero attached hydrogens (tertiary/aromatic N) is 4. The number of hydrogen-bond acceptors (Lipinski definition) is 6. The van der Waals surface area contributed by atoms with Crippen LogP contribution in [0.15, 0.2) is 29.4 Å². The number of likely N-dealkylation sites (N-methyl/N-ethyl adjacent to an activating group) is 1. The molecule has 1 aliphatic heterocycles. The molecule has 3 rings (SSSR count). The van der Waals surface area contributed by atoms with Crippen LogP contribution in [0, 0.1) is 0 Å². The van der Waals surface area contributed by atoms with E-state index < -0.39 is 9.84 Å². The molecule has 6 nitrogen and oxygen atoms in total. The lowest BCUT2D eigenvalue weighted by atomic mass is 10.0. The highest BCUT2D eigenvalue weighted by Crippen LogP contribution is 2.28. The molecule has 7 heteroatoms. The third kappa shape index (κ3) is 3.30. The van der Waals surface area contributed by atoms with Crippen molar-refractivity contribution < 1.29 is 8.42 Å². The highest BCUT2D eigenvalue weighted by Gasteiger charge is 2.24. The highest BCUT2D eigenvalue weighted by molar-refractivity contribution is 7.90. The largest absolute Gasteiger partial charge is 0.354 e. The van der Waals surface area contributed by atoms with Crippen LogP contribution in [0.1, 0.15) is 12.8 Å². The van der Waals surface area contributed by atoms with Crippen LogP contribution in [0.3, 0.4) is 0 Å². The molecule has 2 aromatic rings. The van der Waals surface area contributed by atoms with Gasteiger partial charge < -0.3 is 9.80 Å². The first kappa shape index (κ1) is 16.1. The molecule has 0 aliphatic carbocycles. The minimum atomic E-state index is -3.25. The summed E-state index contributed by atoms with van der Waals surface area (Å²) in [5, 5.41) is 0.801. The number of benzene rings is 1. The van der Waals surface area contributed by atoms with Gasteiger partial charge in [0.2, 0.25) is 0 Å². The van der Waals surface area contributed by atoms with Crippen LogP contribution in [0.4, 0.5) is 5.82 Å². The van der Waals surface area contributed by atoms with Crippen molar-refractivity contribution in [3.8, 4) is 0 Å². The van der Waals surface area contributed by atoms with Gasteiger partial charge in [-0.1, -0.05) is 0 Å². The summed E-state index contributed by atoms with van der Waals surface area (Å²) in [6.45, 7) is 1.82. The summed E-state index contributed by atoms with van der Waals surface area (Å²) < 4.78 is 23.7. The first-order valence-electron chi connectivity index (χ1n) is 7.72. The molecule has 0 bridgehead atoms. The van der Waals surface area contributed by atoms with Crippen molar-refractivity contribution >= 4 is 26.6 Å². The number of piperidine rings is 1. The Morgan fingerprint density at radius 3 is 2.74 bits per heavy atom. The minimum Gasteiger partial charge on any atom is -0.354 e. The first-order valence-corrected chi connectivity index (χ1v) is 9.61. The summed E-state index contributed by atoms with van der Waals surface area (Å²) in [5.41, 5.74) is 0.773. The molecule has 2 heterocycles. The summed E-state index contributed by atoms with van der Waals surface area (Å²) in [4.78, 5) is 13.5. The van der Waals surface area contributed by atoms with Gasteiger partial charge in [-0.2, -0.15) is 0 Å². The second-order valence-electron chi connectivity index (χ2n) is 6.35. The smallest absolute Gasteiger partial charge is 0.175 e. The predicted octanol–water partition coefficient (Wildman–Crippen LogP) is 1.56. The molecule has 0 saturated carbocycles. The molecule has 1 fully saturated rings. The van der Waals surface area contributed by atoms with Crippen molar-refractivity contribution in [3.63, 3.8) is 0 Å². The lowest BCUT2D eigenvalue weighted by molar-refractivity contribution is 0.257. The van der Waals surface area contributed by atoms with E-state index in [9.17, 15) is 8.42 Å². The Balaban J connectivity index is 2.06. The van der Waals surface area contributed by atoms with E-state index in [2.05, 4.69) is 33.9 Å². The van der Waals surface area contributed by atoms with Crippen molar-refractivity contribution in [2.45, 2.75) is 23.8 Å². The van der Waals surface area contributed by atoms with Gasteiger partial charge in [0.15, 0.2) is 9.84 Å². The number of aromatic nitrogens is 2. The molecule has 0 spiro atoms. The van der Waals surface area contributed by atoms with Crippen molar-refractivity contribution in [1.82, 2.24) is 14.9 Å². The molecule has 1 atom stereocenters. The van der Waals surface area contributed by atoms with E-state index in [0.717, 1.165) is 36.2 Å². The van der Waals surface area contributed by atoms with Gasteiger partial charge in [-0.25, -0.2) is 18.4 Å². The van der Waals surface area contributed by atoms with E-state index in [4.69, 9.17) is 0 Å². The SMILES string of the molecule is CN(C)C1CCCN(c2ncnc3ccc(S(C)(=O)=O)cc23)C1. The maximum absolute atomic E-state index is 11.8. The van der Waals surface area contributed by atoms with Crippen molar-refractivity contribution in [2.75, 3.05) is 38.3 Å². The second kappa shape index (κ2) is 6.05. The Bertz CT molecular complexity index is 820. The van der Waals surface area contributed by atoms with E-state index in [1.54, 1.807) is 24.5 Å². The summed E-state index contributed by atoms with van der Waals surface area (Å²) in [6.07, 6.45) is 5.04. The Hall–Kier alpha value is -1.73. The van der Waals surface area contributed by atoms with Crippen LogP contribution in [0.2, 0.25) is 0 Å². The molecule has 1 saturated heterocycles. The molecule has 1 aromatic carbocycles. The number of anilines is 1. The van der Waals surface area contributed by atoms with Crippen LogP contribution in [0.25, 0.3) is 10.9 Å². The average molecular weight is 334 g/mol. The van der Waals surface area contributed by atoms with E-state index in [1.165, 1.54) is 12.7 Å². The predicted molar refractivity (Wildman–Crippen MR) is 91.6 cm³/mol. The van der Waals surface area contributed by atoms with E-state index >= 15 is 0 Å². The van der Waals surface area contributed by atoms with Gasteiger partial charge in [0.25, 0.3) is 0 Å². The third-order valence-electron chi connectivity index (χ3n) is 4.44. The van der Waals surface area contributed by atoms with Crippen LogP contribution in [-0.4, -0.2) is 62.8 Å². The lowest BCUT2D eigenvalue weighted by Gasteiger charge is -2.37. The summed E-state index contributed by atoms with van der Waals surface area (Å²) in [7, 11) is 0.934. The van der Waals surface area contributed by atoms with Crippen LogP contribution in [0.5, 0.6) is 0 Å². The maximum atomic E-state index is 11.8. The lowest BCUT2D eigenvalue weighted by Crippen LogP contribution is -2.45. The Morgan fingerprint density at radius 1 is 1.26 bits per heavy atom. The van der Waals surface area contributed by atoms with Gasteiger partial charge in [0.05, 0.1) is 10.4 Å². The number of rotatable bonds is 3. The van der Waals surface area contributed by atoms with Crippen molar-refractivity contribution in [2.24, 2.45) is 0 Å². The summed E-state index contributed by atoms with van der Waals surface area (Å²) in [5.74, 6) is 0.826. The molecule has 0 amide bonds. The van der Waals surface area contributed by atoms with E-state index in [0.29, 0.717) is 10.9 Å². The van der Waals surface area contributed by atoms with Gasteiger partial charge in [0.1, 0.15) is 12.1 Å². The van der Waals surface area contributed by atoms with Gasteiger partial charge in [-0.15, -0.1) is 0 Å². The molecule has 1 aliphatic rings. The average Bonchev–Trinajstić information content (AvgIpc) is 2.53. The molecule has 1 aromatic heterocycles. The van der Waals surface area contributed by atoms with Crippen molar-refractivity contribution in [1.29, 1.82) is 0 Å². The molecule has 124 valence electrons. The fourth-order valence-corrected chi connectivity index (χ4v) is 3.72. The zero-order valence-electron chi connectivity index (χ0n) is 13.7. The summed E-state index contributed by atoms with van der Waals surface area (Å²) >= 11 is 0. The van der Waals surface area contributed by atoms with Crippen LogP contribution in [-0.2, 0) is 9.84 Å².